The second-order valence-corrected chi connectivity index (χ2v) is 6.58. The SMILES string of the molecule is N=C(I)C1=C(NCc2c(Cl)cccc2C(F)(F)F)CCCC1. The van der Waals surface area contributed by atoms with Crippen LogP contribution in [0.3, 0.4) is 0 Å². The average Bonchev–Trinajstić information content (AvgIpc) is 2.45. The third-order valence-electron chi connectivity index (χ3n) is 3.64. The van der Waals surface area contributed by atoms with Crippen molar-refractivity contribution in [3.8, 4) is 0 Å². The number of hydrogen-bond acceptors (Lipinski definition) is 2. The summed E-state index contributed by atoms with van der Waals surface area (Å²) in [5.74, 6) is 0. The van der Waals surface area contributed by atoms with Gasteiger partial charge in [-0.2, -0.15) is 13.2 Å². The molecule has 1 aromatic carbocycles. The van der Waals surface area contributed by atoms with E-state index in [1.54, 1.807) is 0 Å². The van der Waals surface area contributed by atoms with Crippen molar-refractivity contribution in [2.24, 2.45) is 0 Å². The van der Waals surface area contributed by atoms with Gasteiger partial charge in [-0.3, -0.25) is 5.41 Å². The molecule has 0 bridgehead atoms. The summed E-state index contributed by atoms with van der Waals surface area (Å²) in [7, 11) is 0. The molecule has 2 N–H and O–H groups in total. The molecule has 0 aromatic heterocycles. The number of alkyl halides is 3. The van der Waals surface area contributed by atoms with Gasteiger partial charge in [0, 0.05) is 28.4 Å². The molecule has 0 atom stereocenters. The van der Waals surface area contributed by atoms with Gasteiger partial charge in [-0.1, -0.05) is 17.7 Å². The second kappa shape index (κ2) is 7.21. The predicted octanol–water partition coefficient (Wildman–Crippen LogP) is 5.69. The minimum absolute atomic E-state index is 0.0112. The van der Waals surface area contributed by atoms with Gasteiger partial charge in [-0.15, -0.1) is 0 Å². The minimum Gasteiger partial charge on any atom is -0.384 e. The van der Waals surface area contributed by atoms with Gasteiger partial charge in [0.15, 0.2) is 0 Å². The van der Waals surface area contributed by atoms with Crippen molar-refractivity contribution >= 4 is 37.9 Å². The van der Waals surface area contributed by atoms with Crippen LogP contribution in [0.25, 0.3) is 0 Å². The highest BCUT2D eigenvalue weighted by atomic mass is 127. The molecule has 0 fully saturated rings. The van der Waals surface area contributed by atoms with Crippen LogP contribution >= 0.6 is 34.2 Å². The van der Waals surface area contributed by atoms with E-state index in [0.29, 0.717) is 3.72 Å². The maximum absolute atomic E-state index is 13.1. The molecule has 1 aliphatic carbocycles. The molecule has 2 rings (SSSR count). The topological polar surface area (TPSA) is 35.9 Å². The maximum atomic E-state index is 13.1. The van der Waals surface area contributed by atoms with Crippen molar-refractivity contribution in [2.45, 2.75) is 38.4 Å². The van der Waals surface area contributed by atoms with Gasteiger partial charge in [0.1, 0.15) is 0 Å². The Bertz CT molecular complexity index is 611. The van der Waals surface area contributed by atoms with Crippen LogP contribution in [0.5, 0.6) is 0 Å². The van der Waals surface area contributed by atoms with E-state index in [1.807, 2.05) is 22.6 Å². The molecule has 0 spiro atoms. The van der Waals surface area contributed by atoms with Gasteiger partial charge < -0.3 is 5.32 Å². The lowest BCUT2D eigenvalue weighted by atomic mass is 9.96. The first-order chi connectivity index (χ1) is 10.3. The Labute approximate surface area is 145 Å². The Morgan fingerprint density at radius 3 is 2.59 bits per heavy atom. The average molecular weight is 443 g/mol. The van der Waals surface area contributed by atoms with Crippen molar-refractivity contribution in [3.63, 3.8) is 0 Å². The Balaban J connectivity index is 2.27. The molecular formula is C15H15ClF3IN2. The van der Waals surface area contributed by atoms with Crippen molar-refractivity contribution in [1.82, 2.24) is 5.32 Å². The van der Waals surface area contributed by atoms with Gasteiger partial charge in [0.05, 0.1) is 9.28 Å². The van der Waals surface area contributed by atoms with Crippen LogP contribution in [0, 0.1) is 5.41 Å². The lowest BCUT2D eigenvalue weighted by molar-refractivity contribution is -0.138. The number of nitrogens with one attached hydrogen (secondary N) is 2. The van der Waals surface area contributed by atoms with E-state index in [4.69, 9.17) is 17.0 Å². The summed E-state index contributed by atoms with van der Waals surface area (Å²) in [5.41, 5.74) is 1.09. The molecule has 0 unspecified atom stereocenters. The molecule has 0 aliphatic heterocycles. The lowest BCUT2D eigenvalue weighted by Crippen LogP contribution is -2.21. The maximum Gasteiger partial charge on any atom is 0.416 e. The van der Waals surface area contributed by atoms with Crippen LogP contribution in [0.1, 0.15) is 36.8 Å². The molecule has 0 saturated carbocycles. The van der Waals surface area contributed by atoms with Crippen LogP contribution in [-0.4, -0.2) is 3.72 Å². The molecule has 0 amide bonds. The highest BCUT2D eigenvalue weighted by molar-refractivity contribution is 14.1. The number of allylic oxidation sites excluding steroid dienone is 2. The summed E-state index contributed by atoms with van der Waals surface area (Å²) in [4.78, 5) is 0. The second-order valence-electron chi connectivity index (χ2n) is 5.10. The summed E-state index contributed by atoms with van der Waals surface area (Å²) in [6, 6.07) is 3.81. The van der Waals surface area contributed by atoms with Crippen molar-refractivity contribution < 1.29 is 13.2 Å². The smallest absolute Gasteiger partial charge is 0.384 e. The summed E-state index contributed by atoms with van der Waals surface area (Å²) in [6.07, 6.45) is -0.900. The van der Waals surface area contributed by atoms with E-state index in [9.17, 15) is 13.2 Å². The first-order valence-electron chi connectivity index (χ1n) is 6.85. The van der Waals surface area contributed by atoms with Gasteiger partial charge >= 0.3 is 6.18 Å². The molecule has 1 aromatic rings. The van der Waals surface area contributed by atoms with Crippen LogP contribution in [0.15, 0.2) is 29.5 Å². The van der Waals surface area contributed by atoms with Gasteiger partial charge in [-0.25, -0.2) is 0 Å². The van der Waals surface area contributed by atoms with E-state index in [1.165, 1.54) is 12.1 Å². The predicted molar refractivity (Wildman–Crippen MR) is 90.5 cm³/mol. The molecule has 120 valence electrons. The number of benzene rings is 1. The normalized spacial score (nSPS) is 15.9. The number of hydrogen-bond donors (Lipinski definition) is 2. The fraction of sp³-hybridized carbons (Fsp3) is 0.400. The van der Waals surface area contributed by atoms with E-state index < -0.39 is 11.7 Å². The zero-order valence-electron chi connectivity index (χ0n) is 11.7. The highest BCUT2D eigenvalue weighted by Crippen LogP contribution is 2.35. The van der Waals surface area contributed by atoms with Crippen LogP contribution in [-0.2, 0) is 12.7 Å². The molecule has 7 heteroatoms. The Morgan fingerprint density at radius 2 is 1.95 bits per heavy atom. The fourth-order valence-electron chi connectivity index (χ4n) is 2.54. The van der Waals surface area contributed by atoms with E-state index >= 15 is 0 Å². The minimum atomic E-state index is -4.43. The van der Waals surface area contributed by atoms with Crippen molar-refractivity contribution in [2.75, 3.05) is 0 Å². The van der Waals surface area contributed by atoms with Crippen LogP contribution in [0.4, 0.5) is 13.2 Å². The van der Waals surface area contributed by atoms with Crippen molar-refractivity contribution in [3.05, 3.63) is 45.6 Å². The van der Waals surface area contributed by atoms with Gasteiger partial charge in [-0.05, 0) is 60.4 Å². The first-order valence-corrected chi connectivity index (χ1v) is 8.31. The third kappa shape index (κ3) is 4.16. The van der Waals surface area contributed by atoms with E-state index in [2.05, 4.69) is 5.32 Å². The highest BCUT2D eigenvalue weighted by Gasteiger charge is 2.34. The van der Waals surface area contributed by atoms with Crippen molar-refractivity contribution in [1.29, 1.82) is 5.41 Å². The first kappa shape index (κ1) is 17.6. The summed E-state index contributed by atoms with van der Waals surface area (Å²) < 4.78 is 39.6. The summed E-state index contributed by atoms with van der Waals surface area (Å²) >= 11 is 7.89. The lowest BCUT2D eigenvalue weighted by Gasteiger charge is -2.22. The quantitative estimate of drug-likeness (QED) is 0.456. The Hall–Kier alpha value is -0.760. The Morgan fingerprint density at radius 1 is 1.27 bits per heavy atom. The largest absolute Gasteiger partial charge is 0.416 e. The molecule has 1 aliphatic rings. The fourth-order valence-corrected chi connectivity index (χ4v) is 3.38. The van der Waals surface area contributed by atoms with Crippen LogP contribution < -0.4 is 5.32 Å². The molecular weight excluding hydrogens is 428 g/mol. The Kier molecular flexibility index (Phi) is 5.76. The molecule has 22 heavy (non-hydrogen) atoms. The van der Waals surface area contributed by atoms with Gasteiger partial charge in [0.2, 0.25) is 0 Å². The van der Waals surface area contributed by atoms with E-state index in [0.717, 1.165) is 43.0 Å². The molecule has 2 nitrogen and oxygen atoms in total. The van der Waals surface area contributed by atoms with Gasteiger partial charge in [0.25, 0.3) is 0 Å². The zero-order chi connectivity index (χ0) is 16.3. The zero-order valence-corrected chi connectivity index (χ0v) is 14.6. The molecule has 0 saturated heterocycles. The number of halogens is 5. The molecule has 0 radical (unpaired) electrons. The van der Waals surface area contributed by atoms with E-state index in [-0.39, 0.29) is 17.1 Å². The standard InChI is InChI=1S/C15H15ClF3IN2/c16-12-6-3-5-11(15(17,18)19)10(12)8-22-13-7-2-1-4-9(13)14(20)21/h3,5-6,21-22H,1-2,4,7-8H2. The monoisotopic (exact) mass is 442 g/mol. The summed E-state index contributed by atoms with van der Waals surface area (Å²) in [6.45, 7) is 0.0112. The molecule has 0 heterocycles. The third-order valence-corrected chi connectivity index (χ3v) is 4.64. The summed E-state index contributed by atoms with van der Waals surface area (Å²) in [5, 5.41) is 10.9. The number of rotatable bonds is 4. The van der Waals surface area contributed by atoms with Crippen LogP contribution in [0.2, 0.25) is 5.02 Å².